The number of hydrogen-bond donors (Lipinski definition) is 2. The molecular formula is C11H17ClN2O3S2. The van der Waals surface area contributed by atoms with Crippen LogP contribution in [0.3, 0.4) is 0 Å². The number of aliphatic hydroxyl groups is 1. The van der Waals surface area contributed by atoms with Crippen molar-refractivity contribution in [3.8, 4) is 0 Å². The molecule has 0 saturated heterocycles. The Bertz CT molecular complexity index is 536. The van der Waals surface area contributed by atoms with E-state index in [1.165, 1.54) is 6.20 Å². The standard InChI is InChI=1S/C11H17ClN2O3S2/c1-8-2-4-11(7-15,5-3-8)14-19(16,17)9-6-13-10(12)18-9/h6,8,14-15H,2-5,7H2,1H3. The number of nitrogens with zero attached hydrogens (tertiary/aromatic N) is 1. The monoisotopic (exact) mass is 324 g/mol. The second-order valence-electron chi connectivity index (χ2n) is 5.16. The van der Waals surface area contributed by atoms with Gasteiger partial charge in [0.15, 0.2) is 8.68 Å². The third kappa shape index (κ3) is 3.46. The topological polar surface area (TPSA) is 79.3 Å². The van der Waals surface area contributed by atoms with Crippen LogP contribution in [-0.4, -0.2) is 30.7 Å². The van der Waals surface area contributed by atoms with Crippen LogP contribution in [-0.2, 0) is 10.0 Å². The highest BCUT2D eigenvalue weighted by Crippen LogP contribution is 2.33. The molecule has 8 heteroatoms. The molecule has 0 atom stereocenters. The van der Waals surface area contributed by atoms with Crippen molar-refractivity contribution in [2.75, 3.05) is 6.61 Å². The number of sulfonamides is 1. The molecule has 1 aromatic rings. The molecule has 0 radical (unpaired) electrons. The lowest BCUT2D eigenvalue weighted by Gasteiger charge is -2.38. The van der Waals surface area contributed by atoms with E-state index in [0.717, 1.165) is 24.2 Å². The van der Waals surface area contributed by atoms with Crippen LogP contribution < -0.4 is 4.72 Å². The smallest absolute Gasteiger partial charge is 0.252 e. The van der Waals surface area contributed by atoms with Gasteiger partial charge in [0.25, 0.3) is 10.0 Å². The summed E-state index contributed by atoms with van der Waals surface area (Å²) in [6.45, 7) is 1.95. The molecule has 0 unspecified atom stereocenters. The first kappa shape index (κ1) is 15.2. The molecule has 108 valence electrons. The van der Waals surface area contributed by atoms with Gasteiger partial charge in [-0.1, -0.05) is 29.9 Å². The molecule has 0 aromatic carbocycles. The van der Waals surface area contributed by atoms with Gasteiger partial charge in [-0.3, -0.25) is 0 Å². The molecule has 1 fully saturated rings. The first-order valence-corrected chi connectivity index (χ1v) is 8.81. The fourth-order valence-corrected chi connectivity index (χ4v) is 5.05. The van der Waals surface area contributed by atoms with Gasteiger partial charge in [-0.05, 0) is 31.6 Å². The Morgan fingerprint density at radius 2 is 2.21 bits per heavy atom. The van der Waals surface area contributed by atoms with Crippen LogP contribution in [0.5, 0.6) is 0 Å². The summed E-state index contributed by atoms with van der Waals surface area (Å²) in [5.74, 6) is 0.571. The fourth-order valence-electron chi connectivity index (χ4n) is 2.31. The number of aromatic nitrogens is 1. The summed E-state index contributed by atoms with van der Waals surface area (Å²) in [6, 6.07) is 0. The summed E-state index contributed by atoms with van der Waals surface area (Å²) < 4.78 is 27.4. The Hall–Kier alpha value is -0.210. The molecule has 1 aromatic heterocycles. The fraction of sp³-hybridized carbons (Fsp3) is 0.727. The third-order valence-corrected chi connectivity index (χ3v) is 6.76. The first-order chi connectivity index (χ1) is 8.87. The van der Waals surface area contributed by atoms with Gasteiger partial charge >= 0.3 is 0 Å². The minimum atomic E-state index is -3.67. The van der Waals surface area contributed by atoms with Gasteiger partial charge < -0.3 is 5.11 Å². The van der Waals surface area contributed by atoms with Gasteiger partial charge in [0.1, 0.15) is 0 Å². The minimum absolute atomic E-state index is 0.0870. The molecule has 0 spiro atoms. The lowest BCUT2D eigenvalue weighted by atomic mass is 9.78. The van der Waals surface area contributed by atoms with Gasteiger partial charge in [0.05, 0.1) is 18.3 Å². The van der Waals surface area contributed by atoms with Gasteiger partial charge in [-0.25, -0.2) is 18.1 Å². The van der Waals surface area contributed by atoms with E-state index in [1.807, 2.05) is 0 Å². The number of hydrogen-bond acceptors (Lipinski definition) is 5. The highest BCUT2D eigenvalue weighted by atomic mass is 35.5. The molecule has 5 nitrogen and oxygen atoms in total. The molecule has 0 amide bonds. The average molecular weight is 325 g/mol. The summed E-state index contributed by atoms with van der Waals surface area (Å²) in [5.41, 5.74) is -0.748. The van der Waals surface area contributed by atoms with E-state index in [4.69, 9.17) is 11.6 Å². The Morgan fingerprint density at radius 3 is 2.68 bits per heavy atom. The van der Waals surface area contributed by atoms with Gasteiger partial charge in [-0.2, -0.15) is 0 Å². The number of aliphatic hydroxyl groups excluding tert-OH is 1. The molecule has 1 aliphatic carbocycles. The molecule has 0 bridgehead atoms. The van der Waals surface area contributed by atoms with E-state index in [1.54, 1.807) is 0 Å². The SMILES string of the molecule is CC1CCC(CO)(NS(=O)(=O)c2cnc(Cl)s2)CC1. The second-order valence-corrected chi connectivity index (χ2v) is 8.68. The summed E-state index contributed by atoms with van der Waals surface area (Å²) in [7, 11) is -3.67. The summed E-state index contributed by atoms with van der Waals surface area (Å²) >= 11 is 6.58. The average Bonchev–Trinajstić information content (AvgIpc) is 2.80. The van der Waals surface area contributed by atoms with Crippen LogP contribution in [0.25, 0.3) is 0 Å². The maximum atomic E-state index is 12.2. The molecule has 1 aliphatic rings. The molecule has 1 saturated carbocycles. The zero-order valence-electron chi connectivity index (χ0n) is 10.6. The molecule has 1 heterocycles. The summed E-state index contributed by atoms with van der Waals surface area (Å²) in [4.78, 5) is 3.74. The largest absolute Gasteiger partial charge is 0.394 e. The van der Waals surface area contributed by atoms with Crippen molar-refractivity contribution in [3.63, 3.8) is 0 Å². The Balaban J connectivity index is 2.18. The van der Waals surface area contributed by atoms with Crippen molar-refractivity contribution in [3.05, 3.63) is 10.7 Å². The van der Waals surface area contributed by atoms with Crippen molar-refractivity contribution in [1.82, 2.24) is 9.71 Å². The van der Waals surface area contributed by atoms with E-state index in [0.29, 0.717) is 18.8 Å². The minimum Gasteiger partial charge on any atom is -0.394 e. The lowest BCUT2D eigenvalue weighted by molar-refractivity contribution is 0.125. The Kier molecular flexibility index (Phi) is 4.52. The number of rotatable bonds is 4. The van der Waals surface area contributed by atoms with Crippen LogP contribution in [0.1, 0.15) is 32.6 Å². The maximum absolute atomic E-state index is 12.2. The van der Waals surface area contributed by atoms with Crippen LogP contribution in [0.4, 0.5) is 0 Å². The highest BCUT2D eigenvalue weighted by molar-refractivity contribution is 7.91. The van der Waals surface area contributed by atoms with Crippen LogP contribution >= 0.6 is 22.9 Å². The molecular weight excluding hydrogens is 308 g/mol. The lowest BCUT2D eigenvalue weighted by Crippen LogP contribution is -2.53. The van der Waals surface area contributed by atoms with Crippen LogP contribution in [0, 0.1) is 5.92 Å². The normalized spacial score (nSPS) is 28.5. The van der Waals surface area contributed by atoms with Crippen LogP contribution in [0.15, 0.2) is 10.4 Å². The van der Waals surface area contributed by atoms with Crippen molar-refractivity contribution in [2.45, 2.75) is 42.4 Å². The molecule has 0 aliphatic heterocycles. The van der Waals surface area contributed by atoms with E-state index in [-0.39, 0.29) is 15.3 Å². The zero-order valence-corrected chi connectivity index (χ0v) is 13.0. The zero-order chi connectivity index (χ0) is 14.1. The van der Waals surface area contributed by atoms with E-state index < -0.39 is 15.6 Å². The third-order valence-electron chi connectivity index (χ3n) is 3.61. The Labute approximate surface area is 122 Å². The number of nitrogens with one attached hydrogen (secondary N) is 1. The molecule has 2 N–H and O–H groups in total. The quantitative estimate of drug-likeness (QED) is 0.888. The first-order valence-electron chi connectivity index (χ1n) is 6.13. The molecule has 19 heavy (non-hydrogen) atoms. The predicted octanol–water partition coefficient (Wildman–Crippen LogP) is 2.02. The van der Waals surface area contributed by atoms with Crippen molar-refractivity contribution < 1.29 is 13.5 Å². The van der Waals surface area contributed by atoms with E-state index in [2.05, 4.69) is 16.6 Å². The summed E-state index contributed by atoms with van der Waals surface area (Å²) in [5, 5.41) is 9.58. The number of thiazole rings is 1. The van der Waals surface area contributed by atoms with Gasteiger partial charge in [0, 0.05) is 0 Å². The van der Waals surface area contributed by atoms with Crippen molar-refractivity contribution >= 4 is 33.0 Å². The predicted molar refractivity (Wildman–Crippen MR) is 74.9 cm³/mol. The maximum Gasteiger partial charge on any atom is 0.252 e. The van der Waals surface area contributed by atoms with Crippen molar-refractivity contribution in [1.29, 1.82) is 0 Å². The number of halogens is 1. The van der Waals surface area contributed by atoms with Crippen molar-refractivity contribution in [2.24, 2.45) is 5.92 Å². The van der Waals surface area contributed by atoms with E-state index in [9.17, 15) is 13.5 Å². The highest BCUT2D eigenvalue weighted by Gasteiger charge is 2.38. The second kappa shape index (κ2) is 5.65. The molecule has 2 rings (SSSR count). The van der Waals surface area contributed by atoms with Crippen LogP contribution in [0.2, 0.25) is 4.47 Å². The van der Waals surface area contributed by atoms with Gasteiger partial charge in [0.2, 0.25) is 0 Å². The Morgan fingerprint density at radius 1 is 1.58 bits per heavy atom. The van der Waals surface area contributed by atoms with Gasteiger partial charge in [-0.15, -0.1) is 0 Å². The summed E-state index contributed by atoms with van der Waals surface area (Å²) in [6.07, 6.45) is 4.36. The van der Waals surface area contributed by atoms with E-state index >= 15 is 0 Å².